The van der Waals surface area contributed by atoms with E-state index in [0.29, 0.717) is 24.3 Å². The van der Waals surface area contributed by atoms with Crippen molar-refractivity contribution in [3.05, 3.63) is 35.4 Å². The van der Waals surface area contributed by atoms with Crippen molar-refractivity contribution < 1.29 is 112 Å². The van der Waals surface area contributed by atoms with Crippen molar-refractivity contribution in [1.29, 1.82) is 10.9 Å². The maximum Gasteiger partial charge on any atom is 0.416 e. The average molecular weight is 1540 g/mol. The number of halogens is 6. The van der Waals surface area contributed by atoms with Crippen LogP contribution in [0.4, 0.5) is 77.9 Å². The Morgan fingerprint density at radius 1 is 0.463 bits per heavy atom. The Kier molecular flexibility index (Phi) is 31.3. The highest BCUT2D eigenvalue weighted by atomic mass is 19.4. The van der Waals surface area contributed by atoms with Gasteiger partial charge >= 0.3 is 48.9 Å². The maximum atomic E-state index is 14.9. The van der Waals surface area contributed by atoms with Gasteiger partial charge in [-0.25, -0.2) is 34.3 Å². The van der Waals surface area contributed by atoms with E-state index >= 15 is 0 Å². The molecule has 0 saturated carbocycles. The molecule has 3 unspecified atom stereocenters. The predicted octanol–water partition coefficient (Wildman–Crippen LogP) is 12.9. The molecule has 2 fully saturated rings. The summed E-state index contributed by atoms with van der Waals surface area (Å²) in [4.78, 5) is 144. The molecule has 0 bridgehead atoms. The standard InChI is InChI=1S/C69H101F6N15O18/c1-62(2,3)103-56(95)84-54(85-57(96)104-63(4,5)6)78-27-21-19-23-48(91)80-43-31-38(68(70,71)72)33-45(50(43)101-40-25-29-89(36-40)60(99)107-66(13,14)15)82-52(93)42(76)35-47(88-77)53(94)83-46-34-39(69(73,74)75)32-44(51(46)102-41-26-30-90(37-41)61(100)108-67(16,17)18)81-49(92)24-20-22-28-79-55(86-58(97)105-64(7,8)9)87-59(98)106-65(10,11)12/h31-34,40-41,47,76-77H,19-30,35-37H2,1-18H3,(H,80,91)(H,81,92)(H,82,93)(H,83,94)(H2,78,84,85,95,96)(H2,79,86,87,97,98). The van der Waals surface area contributed by atoms with Crippen LogP contribution in [0.3, 0.4) is 0 Å². The Morgan fingerprint density at radius 3 is 1.06 bits per heavy atom. The van der Waals surface area contributed by atoms with Crippen LogP contribution in [0.25, 0.3) is 0 Å². The number of carbonyl (C=O) groups is 10. The lowest BCUT2D eigenvalue weighted by atomic mass is 10.1. The first-order valence-electron chi connectivity index (χ1n) is 34.5. The molecular weight excluding hydrogens is 1440 g/mol. The number of ether oxygens (including phenoxy) is 8. The molecule has 10 N–H and O–H groups in total. The number of hydrogen-bond donors (Lipinski definition) is 10. The Balaban J connectivity index is 1.70. The number of likely N-dealkylation sites (tertiary alicyclic amines) is 2. The summed E-state index contributed by atoms with van der Waals surface area (Å²) in [6, 6.07) is -0.338. The topological polar surface area (TPSA) is 432 Å². The van der Waals surface area contributed by atoms with Gasteiger partial charge in [0.2, 0.25) is 23.7 Å². The third kappa shape index (κ3) is 33.7. The lowest BCUT2D eigenvalue weighted by molar-refractivity contribution is -0.138. The van der Waals surface area contributed by atoms with Gasteiger partial charge in [-0.2, -0.15) is 31.5 Å². The number of alkyl carbamates (subject to hydrolysis) is 4. The van der Waals surface area contributed by atoms with E-state index in [9.17, 15) is 74.3 Å². The van der Waals surface area contributed by atoms with E-state index in [1.807, 2.05) is 0 Å². The molecule has 33 nitrogen and oxygen atoms in total. The molecule has 0 radical (unpaired) electrons. The highest BCUT2D eigenvalue weighted by Gasteiger charge is 2.40. The maximum absolute atomic E-state index is 14.9. The van der Waals surface area contributed by atoms with Crippen LogP contribution in [0.1, 0.15) is 194 Å². The minimum absolute atomic E-state index is 0.00708. The van der Waals surface area contributed by atoms with E-state index in [1.54, 1.807) is 125 Å². The minimum Gasteiger partial charge on any atom is -0.484 e. The summed E-state index contributed by atoms with van der Waals surface area (Å²) in [5.74, 6) is -6.79. The van der Waals surface area contributed by atoms with Gasteiger partial charge in [0.1, 0.15) is 45.8 Å². The molecule has 39 heteroatoms. The number of anilines is 4. The zero-order valence-electron chi connectivity index (χ0n) is 64.0. The van der Waals surface area contributed by atoms with Gasteiger partial charge in [-0.1, -0.05) is 0 Å². The summed E-state index contributed by atoms with van der Waals surface area (Å²) in [6.07, 6.45) is -19.9. The van der Waals surface area contributed by atoms with Gasteiger partial charge in [-0.05, 0) is 175 Å². The highest BCUT2D eigenvalue weighted by Crippen LogP contribution is 2.44. The zero-order chi connectivity index (χ0) is 81.9. The second-order valence-electron chi connectivity index (χ2n) is 31.0. The average Bonchev–Trinajstić information content (AvgIpc) is 1.09. The molecule has 0 spiro atoms. The van der Waals surface area contributed by atoms with E-state index in [-0.39, 0.29) is 89.7 Å². The van der Waals surface area contributed by atoms with E-state index in [1.165, 1.54) is 9.80 Å². The summed E-state index contributed by atoms with van der Waals surface area (Å²) >= 11 is 0. The molecule has 10 amide bonds. The molecule has 3 atom stereocenters. The second-order valence-corrected chi connectivity index (χ2v) is 31.0. The molecule has 0 aliphatic carbocycles. The minimum atomic E-state index is -5.21. The molecule has 2 saturated heterocycles. The quantitative estimate of drug-likeness (QED) is 0.0123. The first-order valence-corrected chi connectivity index (χ1v) is 34.5. The summed E-state index contributed by atoms with van der Waals surface area (Å²) < 4.78 is 134. The second kappa shape index (κ2) is 37.5. The molecule has 108 heavy (non-hydrogen) atoms. The van der Waals surface area contributed by atoms with Crippen LogP contribution in [0.5, 0.6) is 11.5 Å². The van der Waals surface area contributed by atoms with Crippen LogP contribution in [-0.4, -0.2) is 179 Å². The molecule has 4 rings (SSSR count). The van der Waals surface area contributed by atoms with Crippen molar-refractivity contribution in [2.24, 2.45) is 15.1 Å². The van der Waals surface area contributed by atoms with E-state index < -0.39 is 195 Å². The number of alkyl halides is 6. The van der Waals surface area contributed by atoms with Crippen molar-refractivity contribution in [1.82, 2.24) is 31.1 Å². The van der Waals surface area contributed by atoms with Crippen molar-refractivity contribution >= 4 is 101 Å². The summed E-state index contributed by atoms with van der Waals surface area (Å²) in [6.45, 7) is 28.1. The smallest absolute Gasteiger partial charge is 0.416 e. The fraction of sp³-hybridized carbons (Fsp3) is 0.638. The van der Waals surface area contributed by atoms with Crippen LogP contribution in [0.2, 0.25) is 0 Å². The normalized spacial score (nSPS) is 15.1. The monoisotopic (exact) mass is 1540 g/mol. The number of guanidine groups is 2. The molecule has 2 aromatic rings. The molecule has 602 valence electrons. The van der Waals surface area contributed by atoms with Gasteiger partial charge in [-0.3, -0.25) is 55.8 Å². The van der Waals surface area contributed by atoms with Gasteiger partial charge in [0, 0.05) is 58.3 Å². The number of nitrogens with zero attached hydrogens (tertiary/aromatic N) is 5. The van der Waals surface area contributed by atoms with Gasteiger partial charge in [0.15, 0.2) is 17.5 Å². The molecule has 0 aromatic heterocycles. The first kappa shape index (κ1) is 90.1. The Morgan fingerprint density at radius 2 is 0.769 bits per heavy atom. The molecule has 2 aromatic carbocycles. The van der Waals surface area contributed by atoms with Crippen molar-refractivity contribution in [3.63, 3.8) is 0 Å². The molecule has 2 heterocycles. The predicted molar refractivity (Wildman–Crippen MR) is 382 cm³/mol. The van der Waals surface area contributed by atoms with Gasteiger partial charge in [0.05, 0.1) is 52.7 Å². The van der Waals surface area contributed by atoms with Gasteiger partial charge in [0.25, 0.3) is 11.8 Å². The highest BCUT2D eigenvalue weighted by molar-refractivity contribution is 6.42. The molecular formula is C69H101F6N15O18. The molecule has 2 aliphatic rings. The Bertz CT molecular complexity index is 3610. The van der Waals surface area contributed by atoms with Gasteiger partial charge in [-0.15, -0.1) is 0 Å². The van der Waals surface area contributed by atoms with Crippen LogP contribution < -0.4 is 52.0 Å². The lowest BCUT2D eigenvalue weighted by Gasteiger charge is -2.25. The Labute approximate surface area is 621 Å². The Hall–Kier alpha value is -10.3. The van der Waals surface area contributed by atoms with Gasteiger partial charge < -0.3 is 69.0 Å². The lowest BCUT2D eigenvalue weighted by Crippen LogP contribution is -2.47. The number of hydrogen-bond acceptors (Lipinski definition) is 23. The van der Waals surface area contributed by atoms with E-state index in [4.69, 9.17) is 48.8 Å². The summed E-state index contributed by atoms with van der Waals surface area (Å²) in [5, 5.41) is 30.4. The zero-order valence-corrected chi connectivity index (χ0v) is 64.0. The first-order chi connectivity index (χ1) is 49.4. The SMILES string of the molecule is CC(C)(C)OC(=O)NC(=NCCCCC(=O)Nc1cc(C(F)(F)F)cc(NC(=O)C(=N)CC(N=N)C(=O)Nc2cc(C(F)(F)F)cc(NC(=O)CCCCN=C(NC(=O)OC(C)(C)C)NC(=O)OC(C)(C)C)c2OC2CCN(C(=O)OC(C)(C)C)C2)c1OC1CCN(C(=O)OC(C)(C)C)C1)NC(=O)OC(C)(C)C. The fourth-order valence-electron chi connectivity index (χ4n) is 9.50. The number of nitrogens with one attached hydrogen (secondary N) is 10. The number of unbranched alkanes of at least 4 members (excludes halogenated alkanes) is 2. The third-order valence-corrected chi connectivity index (χ3v) is 13.8. The van der Waals surface area contributed by atoms with E-state index in [2.05, 4.69) is 57.6 Å². The van der Waals surface area contributed by atoms with Crippen molar-refractivity contribution in [3.8, 4) is 11.5 Å². The van der Waals surface area contributed by atoms with E-state index in [0.717, 1.165) is 0 Å². The number of rotatable bonds is 23. The van der Waals surface area contributed by atoms with Crippen LogP contribution >= 0.6 is 0 Å². The van der Waals surface area contributed by atoms with Crippen molar-refractivity contribution in [2.75, 3.05) is 60.5 Å². The number of aliphatic imine (C=N–C) groups is 2. The third-order valence-electron chi connectivity index (χ3n) is 13.8. The number of benzene rings is 2. The van der Waals surface area contributed by atoms with Crippen LogP contribution in [0.15, 0.2) is 39.4 Å². The van der Waals surface area contributed by atoms with Crippen molar-refractivity contribution in [2.45, 2.75) is 247 Å². The summed E-state index contributed by atoms with van der Waals surface area (Å²) in [7, 11) is 0. The van der Waals surface area contributed by atoms with Crippen LogP contribution in [0, 0.1) is 10.9 Å². The van der Waals surface area contributed by atoms with Crippen LogP contribution in [-0.2, 0) is 60.0 Å². The fourth-order valence-corrected chi connectivity index (χ4v) is 9.50. The summed E-state index contributed by atoms with van der Waals surface area (Å²) in [5.41, 5.74) is -4.76. The molecule has 2 aliphatic heterocycles. The number of carbonyl (C=O) groups excluding carboxylic acids is 10. The largest absolute Gasteiger partial charge is 0.484 e. The number of amides is 10.